The fraction of sp³-hybridized carbons (Fsp3) is 0.538. The molecule has 0 aliphatic carbocycles. The van der Waals surface area contributed by atoms with Crippen molar-refractivity contribution < 1.29 is 13.5 Å². The van der Waals surface area contributed by atoms with Crippen LogP contribution in [0, 0.1) is 17.6 Å². The minimum atomic E-state index is -0.560. The molecule has 1 saturated heterocycles. The molecule has 3 unspecified atom stereocenters. The van der Waals surface area contributed by atoms with Crippen LogP contribution in [-0.2, 0) is 11.2 Å². The van der Waals surface area contributed by atoms with Gasteiger partial charge in [0.2, 0.25) is 0 Å². The Morgan fingerprint density at radius 2 is 2.24 bits per heavy atom. The molecule has 3 atom stereocenters. The average molecular weight is 261 g/mol. The van der Waals surface area contributed by atoms with Crippen molar-refractivity contribution in [3.8, 4) is 0 Å². The standard InChI is InChI=1S/C13H15ClF2O/c1-8-11(4-5-17-8)12(14)6-9-2-3-10(15)7-13(9)16/h2-3,7-8,11-12H,4-6H2,1H3. The highest BCUT2D eigenvalue weighted by atomic mass is 35.5. The van der Waals surface area contributed by atoms with Gasteiger partial charge in [0, 0.05) is 24.0 Å². The summed E-state index contributed by atoms with van der Waals surface area (Å²) in [5.41, 5.74) is 0.463. The topological polar surface area (TPSA) is 9.23 Å². The number of rotatable bonds is 3. The van der Waals surface area contributed by atoms with Crippen molar-refractivity contribution in [2.75, 3.05) is 6.61 Å². The first-order chi connectivity index (χ1) is 8.08. The van der Waals surface area contributed by atoms with Crippen molar-refractivity contribution in [1.29, 1.82) is 0 Å². The second-order valence-corrected chi connectivity index (χ2v) is 5.04. The van der Waals surface area contributed by atoms with E-state index in [2.05, 4.69) is 0 Å². The third kappa shape index (κ3) is 2.96. The van der Waals surface area contributed by atoms with Gasteiger partial charge in [-0.2, -0.15) is 0 Å². The van der Waals surface area contributed by atoms with E-state index >= 15 is 0 Å². The monoisotopic (exact) mass is 260 g/mol. The predicted molar refractivity (Wildman–Crippen MR) is 63.2 cm³/mol. The Hall–Kier alpha value is -0.670. The Morgan fingerprint density at radius 3 is 2.82 bits per heavy atom. The van der Waals surface area contributed by atoms with Gasteiger partial charge in [-0.25, -0.2) is 8.78 Å². The van der Waals surface area contributed by atoms with Gasteiger partial charge in [-0.3, -0.25) is 0 Å². The molecule has 0 bridgehead atoms. The van der Waals surface area contributed by atoms with Gasteiger partial charge >= 0.3 is 0 Å². The lowest BCUT2D eigenvalue weighted by Gasteiger charge is -2.20. The maximum absolute atomic E-state index is 13.5. The smallest absolute Gasteiger partial charge is 0.129 e. The van der Waals surface area contributed by atoms with E-state index in [4.69, 9.17) is 16.3 Å². The summed E-state index contributed by atoms with van der Waals surface area (Å²) in [6.07, 6.45) is 1.42. The van der Waals surface area contributed by atoms with Crippen molar-refractivity contribution in [3.05, 3.63) is 35.4 Å². The van der Waals surface area contributed by atoms with E-state index in [1.54, 1.807) is 0 Å². The van der Waals surface area contributed by atoms with Gasteiger partial charge in [-0.05, 0) is 31.4 Å². The SMILES string of the molecule is CC1OCCC1C(Cl)Cc1ccc(F)cc1F. The Morgan fingerprint density at radius 1 is 1.47 bits per heavy atom. The number of alkyl halides is 1. The summed E-state index contributed by atoms with van der Waals surface area (Å²) >= 11 is 6.29. The minimum Gasteiger partial charge on any atom is -0.378 e. The number of hydrogen-bond acceptors (Lipinski definition) is 1. The molecule has 1 aliphatic heterocycles. The van der Waals surface area contributed by atoms with Crippen LogP contribution in [0.1, 0.15) is 18.9 Å². The molecule has 1 aromatic carbocycles. The van der Waals surface area contributed by atoms with Gasteiger partial charge in [0.1, 0.15) is 11.6 Å². The molecule has 17 heavy (non-hydrogen) atoms. The molecule has 1 heterocycles. The van der Waals surface area contributed by atoms with E-state index in [1.165, 1.54) is 12.1 Å². The second-order valence-electron chi connectivity index (χ2n) is 4.48. The third-order valence-corrected chi connectivity index (χ3v) is 3.81. The molecule has 2 rings (SSSR count). The molecule has 0 saturated carbocycles. The van der Waals surface area contributed by atoms with Gasteiger partial charge < -0.3 is 4.74 Å². The minimum absolute atomic E-state index is 0.112. The third-order valence-electron chi connectivity index (χ3n) is 3.33. The van der Waals surface area contributed by atoms with E-state index in [0.29, 0.717) is 18.6 Å². The summed E-state index contributed by atoms with van der Waals surface area (Å²) in [6.45, 7) is 2.69. The Balaban J connectivity index is 2.04. The normalized spacial score (nSPS) is 26.1. The lowest BCUT2D eigenvalue weighted by atomic mass is 9.93. The quantitative estimate of drug-likeness (QED) is 0.756. The van der Waals surface area contributed by atoms with E-state index in [-0.39, 0.29) is 17.4 Å². The van der Waals surface area contributed by atoms with Crippen LogP contribution < -0.4 is 0 Å². The molecule has 0 radical (unpaired) electrons. The number of benzene rings is 1. The summed E-state index contributed by atoms with van der Waals surface area (Å²) in [7, 11) is 0. The molecular weight excluding hydrogens is 246 g/mol. The zero-order chi connectivity index (χ0) is 12.4. The largest absolute Gasteiger partial charge is 0.378 e. The zero-order valence-corrected chi connectivity index (χ0v) is 10.4. The van der Waals surface area contributed by atoms with Crippen molar-refractivity contribution in [1.82, 2.24) is 0 Å². The average Bonchev–Trinajstić information content (AvgIpc) is 2.68. The molecular formula is C13H15ClF2O. The van der Waals surface area contributed by atoms with Crippen LogP contribution in [-0.4, -0.2) is 18.1 Å². The van der Waals surface area contributed by atoms with Crippen molar-refractivity contribution in [2.45, 2.75) is 31.2 Å². The maximum Gasteiger partial charge on any atom is 0.129 e. The molecule has 1 nitrogen and oxygen atoms in total. The first-order valence-electron chi connectivity index (χ1n) is 5.77. The lowest BCUT2D eigenvalue weighted by molar-refractivity contribution is 0.105. The summed E-state index contributed by atoms with van der Waals surface area (Å²) in [4.78, 5) is 0. The van der Waals surface area contributed by atoms with Gasteiger partial charge in [0.15, 0.2) is 0 Å². The van der Waals surface area contributed by atoms with E-state index < -0.39 is 11.6 Å². The van der Waals surface area contributed by atoms with Gasteiger partial charge in [-0.1, -0.05) is 6.07 Å². The Bertz CT molecular complexity index is 397. The summed E-state index contributed by atoms with van der Waals surface area (Å²) < 4.78 is 31.7. The van der Waals surface area contributed by atoms with Gasteiger partial charge in [-0.15, -0.1) is 11.6 Å². The van der Waals surface area contributed by atoms with Crippen molar-refractivity contribution >= 4 is 11.6 Å². The molecule has 1 aliphatic rings. The highest BCUT2D eigenvalue weighted by molar-refractivity contribution is 6.21. The van der Waals surface area contributed by atoms with Crippen molar-refractivity contribution in [3.63, 3.8) is 0 Å². The highest BCUT2D eigenvalue weighted by Crippen LogP contribution is 2.29. The second kappa shape index (κ2) is 5.32. The maximum atomic E-state index is 13.5. The van der Waals surface area contributed by atoms with Crippen LogP contribution in [0.2, 0.25) is 0 Å². The van der Waals surface area contributed by atoms with Crippen LogP contribution in [0.4, 0.5) is 8.78 Å². The zero-order valence-electron chi connectivity index (χ0n) is 9.63. The summed E-state index contributed by atoms with van der Waals surface area (Å²) in [5.74, 6) is -0.849. The first-order valence-corrected chi connectivity index (χ1v) is 6.21. The van der Waals surface area contributed by atoms with Crippen LogP contribution >= 0.6 is 11.6 Å². The molecule has 0 N–H and O–H groups in total. The first kappa shape index (κ1) is 12.8. The van der Waals surface area contributed by atoms with Crippen LogP contribution in [0.5, 0.6) is 0 Å². The molecule has 1 fully saturated rings. The van der Waals surface area contributed by atoms with E-state index in [0.717, 1.165) is 12.5 Å². The molecule has 0 aromatic heterocycles. The van der Waals surface area contributed by atoms with Gasteiger partial charge in [0.25, 0.3) is 0 Å². The number of halogens is 3. The fourth-order valence-electron chi connectivity index (χ4n) is 2.27. The highest BCUT2D eigenvalue weighted by Gasteiger charge is 2.31. The van der Waals surface area contributed by atoms with E-state index in [1.807, 2.05) is 6.92 Å². The van der Waals surface area contributed by atoms with E-state index in [9.17, 15) is 8.78 Å². The summed E-state index contributed by atoms with van der Waals surface area (Å²) in [6, 6.07) is 3.62. The van der Waals surface area contributed by atoms with Crippen molar-refractivity contribution in [2.24, 2.45) is 5.92 Å². The van der Waals surface area contributed by atoms with Gasteiger partial charge in [0.05, 0.1) is 6.10 Å². The molecule has 0 amide bonds. The van der Waals surface area contributed by atoms with Crippen LogP contribution in [0.3, 0.4) is 0 Å². The predicted octanol–water partition coefficient (Wildman–Crippen LogP) is 3.54. The molecule has 1 aromatic rings. The number of hydrogen-bond donors (Lipinski definition) is 0. The van der Waals surface area contributed by atoms with Crippen LogP contribution in [0.15, 0.2) is 18.2 Å². The molecule has 94 valence electrons. The molecule has 0 spiro atoms. The van der Waals surface area contributed by atoms with Crippen LogP contribution in [0.25, 0.3) is 0 Å². The lowest BCUT2D eigenvalue weighted by Crippen LogP contribution is -2.24. The number of ether oxygens (including phenoxy) is 1. The Kier molecular flexibility index (Phi) is 4.00. The molecule has 4 heteroatoms. The summed E-state index contributed by atoms with van der Waals surface area (Å²) in [5, 5.41) is -0.174. The fourth-order valence-corrected chi connectivity index (χ4v) is 2.77. The Labute approximate surface area is 105 Å².